The maximum absolute atomic E-state index is 10.9. The molecule has 1 unspecified atom stereocenters. The third-order valence-corrected chi connectivity index (χ3v) is 3.30. The maximum atomic E-state index is 10.9. The quantitative estimate of drug-likeness (QED) is 0.264. The number of benzene rings is 1. The Hall–Kier alpha value is -1.07. The molecule has 3 N–H and O–H groups in total. The van der Waals surface area contributed by atoms with E-state index in [4.69, 9.17) is 5.11 Å². The molecule has 1 rings (SSSR count). The first-order valence-electron chi connectivity index (χ1n) is 6.68. The number of halogens is 1. The first-order chi connectivity index (χ1) is 10.5. The van der Waals surface area contributed by atoms with Crippen molar-refractivity contribution in [3.63, 3.8) is 0 Å². The number of carboxylic acid groups (broad SMARTS) is 1. The predicted molar refractivity (Wildman–Crippen MR) is 97.3 cm³/mol. The summed E-state index contributed by atoms with van der Waals surface area (Å²) in [7, 11) is 1.13. The molecule has 7 nitrogen and oxygen atoms in total. The van der Waals surface area contributed by atoms with Gasteiger partial charge in [0.15, 0.2) is 5.75 Å². The average molecular weight is 444 g/mol. The van der Waals surface area contributed by atoms with Crippen molar-refractivity contribution >= 4 is 42.0 Å². The van der Waals surface area contributed by atoms with Crippen LogP contribution in [0.3, 0.4) is 0 Å². The van der Waals surface area contributed by atoms with Crippen LogP contribution in [0.5, 0.6) is 5.75 Å². The number of hydrogen-bond acceptors (Lipinski definition) is 6. The van der Waals surface area contributed by atoms with Crippen molar-refractivity contribution in [1.29, 1.82) is 0 Å². The van der Waals surface area contributed by atoms with E-state index in [9.17, 15) is 20.0 Å². The Morgan fingerprint density at radius 3 is 2.36 bits per heavy atom. The second-order valence-electron chi connectivity index (χ2n) is 3.37. The van der Waals surface area contributed by atoms with Gasteiger partial charge in [-0.1, -0.05) is 33.8 Å². The van der Waals surface area contributed by atoms with Gasteiger partial charge in [0.2, 0.25) is 0 Å². The molecule has 0 aliphatic heterocycles. The van der Waals surface area contributed by atoms with E-state index in [1.54, 1.807) is 0 Å². The number of aromatic hydroxyl groups is 1. The lowest BCUT2D eigenvalue weighted by Crippen LogP contribution is -2.33. The van der Waals surface area contributed by atoms with E-state index in [0.29, 0.717) is 5.56 Å². The summed E-state index contributed by atoms with van der Waals surface area (Å²) >= 11 is 1.90. The second kappa shape index (κ2) is 13.6. The van der Waals surface area contributed by atoms with Gasteiger partial charge in [-0.05, 0) is 27.2 Å². The topological polar surface area (TPSA) is 113 Å². The molecule has 0 fully saturated rings. The molecular formula is C13H21IN2O5S. The monoisotopic (exact) mass is 444 g/mol. The van der Waals surface area contributed by atoms with Crippen LogP contribution in [0.1, 0.15) is 33.3 Å². The normalized spacial score (nSPS) is 10.4. The number of nitrogens with one attached hydrogen (secondary N) is 1. The Labute approximate surface area is 146 Å². The van der Waals surface area contributed by atoms with Crippen molar-refractivity contribution in [1.82, 2.24) is 4.72 Å². The largest absolute Gasteiger partial charge is 0.502 e. The molecule has 0 spiro atoms. The van der Waals surface area contributed by atoms with E-state index in [2.05, 4.69) is 4.72 Å². The highest BCUT2D eigenvalue weighted by atomic mass is 127. The number of nitrogens with zero attached hydrogens (tertiary/aromatic N) is 1. The zero-order valence-electron chi connectivity index (χ0n) is 12.9. The van der Waals surface area contributed by atoms with Crippen LogP contribution in [0.2, 0.25) is 0 Å². The minimum Gasteiger partial charge on any atom is -0.502 e. The highest BCUT2D eigenvalue weighted by Gasteiger charge is 2.20. The van der Waals surface area contributed by atoms with Gasteiger partial charge in [0.1, 0.15) is 6.04 Å². The summed E-state index contributed by atoms with van der Waals surface area (Å²) < 4.78 is 2.67. The molecule has 0 radical (unpaired) electrons. The molecule has 1 aromatic carbocycles. The minimum absolute atomic E-state index is 0.0897. The van der Waals surface area contributed by atoms with Crippen molar-refractivity contribution < 1.29 is 19.9 Å². The van der Waals surface area contributed by atoms with Gasteiger partial charge in [0, 0.05) is 27.3 Å². The molecule has 22 heavy (non-hydrogen) atoms. The number of rotatable bonds is 6. The molecule has 0 bridgehead atoms. The Balaban J connectivity index is 0. The highest BCUT2D eigenvalue weighted by molar-refractivity contribution is 14.2. The number of phenols is 1. The number of nitro benzene ring substituents is 1. The molecule has 0 aromatic heterocycles. The third-order valence-electron chi connectivity index (χ3n) is 2.16. The fourth-order valence-electron chi connectivity index (χ4n) is 1.31. The molecule has 0 heterocycles. The van der Waals surface area contributed by atoms with Crippen LogP contribution in [0, 0.1) is 10.1 Å². The molecule has 1 aromatic rings. The summed E-state index contributed by atoms with van der Waals surface area (Å²) in [4.78, 5) is 20.8. The minimum atomic E-state index is -1.05. The summed E-state index contributed by atoms with van der Waals surface area (Å²) in [5.41, 5.74) is 0.0311. The average Bonchev–Trinajstić information content (AvgIpc) is 2.52. The van der Waals surface area contributed by atoms with Crippen LogP contribution in [-0.4, -0.2) is 27.1 Å². The first-order valence-corrected chi connectivity index (χ1v) is 10.0. The lowest BCUT2D eigenvalue weighted by Gasteiger charge is -2.11. The number of carboxylic acids is 1. The van der Waals surface area contributed by atoms with E-state index in [-0.39, 0.29) is 6.42 Å². The lowest BCUT2D eigenvalue weighted by atomic mass is 10.1. The van der Waals surface area contributed by atoms with Gasteiger partial charge in [-0.2, -0.15) is 0 Å². The summed E-state index contributed by atoms with van der Waals surface area (Å²) in [6.07, 6.45) is 0.0897. The van der Waals surface area contributed by atoms with Crippen molar-refractivity contribution in [3.05, 3.63) is 33.9 Å². The van der Waals surface area contributed by atoms with E-state index < -0.39 is 28.4 Å². The van der Waals surface area contributed by atoms with Crippen LogP contribution >= 0.6 is 30.3 Å². The fraction of sp³-hybridized carbons (Fsp3) is 0.462. The number of phenolic OH excluding ortho intramolecular Hbond substituents is 1. The molecule has 9 heteroatoms. The van der Waals surface area contributed by atoms with Crippen LogP contribution in [0.4, 0.5) is 5.69 Å². The summed E-state index contributed by atoms with van der Waals surface area (Å²) in [6.45, 7) is 8.00. The summed E-state index contributed by atoms with van der Waals surface area (Å²) in [5.74, 6) is -1.48. The molecule has 0 saturated carbocycles. The number of hydrogen-bond donors (Lipinski definition) is 3. The smallest absolute Gasteiger partial charge is 0.321 e. The van der Waals surface area contributed by atoms with Crippen molar-refractivity contribution in [2.75, 3.05) is 0 Å². The summed E-state index contributed by atoms with van der Waals surface area (Å²) in [6, 6.07) is 2.96. The second-order valence-corrected chi connectivity index (χ2v) is 5.08. The lowest BCUT2D eigenvalue weighted by molar-refractivity contribution is -0.385. The molecule has 0 saturated heterocycles. The Morgan fingerprint density at radius 2 is 1.95 bits per heavy atom. The van der Waals surface area contributed by atoms with E-state index >= 15 is 0 Å². The van der Waals surface area contributed by atoms with Gasteiger partial charge >= 0.3 is 11.7 Å². The molecule has 0 aliphatic carbocycles. The van der Waals surface area contributed by atoms with E-state index in [1.165, 1.54) is 18.2 Å². The molecule has 0 aliphatic rings. The number of carbonyl (C=O) groups is 1. The highest BCUT2D eigenvalue weighted by Crippen LogP contribution is 2.27. The third kappa shape index (κ3) is 8.39. The van der Waals surface area contributed by atoms with E-state index in [1.807, 2.05) is 48.9 Å². The van der Waals surface area contributed by atoms with E-state index in [0.717, 1.165) is 9.12 Å². The van der Waals surface area contributed by atoms with Gasteiger partial charge in [-0.3, -0.25) is 14.9 Å². The molecular weight excluding hydrogens is 423 g/mol. The van der Waals surface area contributed by atoms with Crippen LogP contribution in [0.15, 0.2) is 18.2 Å². The van der Waals surface area contributed by atoms with Gasteiger partial charge in [-0.25, -0.2) is 4.72 Å². The molecule has 0 amide bonds. The fourth-order valence-corrected chi connectivity index (χ4v) is 2.52. The maximum Gasteiger partial charge on any atom is 0.321 e. The zero-order chi connectivity index (χ0) is 17.7. The first kappa shape index (κ1) is 23.2. The van der Waals surface area contributed by atoms with Gasteiger partial charge in [-0.15, -0.1) is 0 Å². The van der Waals surface area contributed by atoms with Gasteiger partial charge in [0.25, 0.3) is 0 Å². The Bertz CT molecular complexity index is 474. The van der Waals surface area contributed by atoms with Crippen LogP contribution in [-0.2, 0) is 11.2 Å². The Morgan fingerprint density at radius 1 is 1.41 bits per heavy atom. The standard InChI is InChI=1S/C9H9IN2O5S.2C2H6/c10-18-11-6(9(14)15)3-5-1-2-8(13)7(4-5)12(16)17;2*1-2/h1-2,4,6,11,13H,3H2,(H,14,15);2*1-2H3. The summed E-state index contributed by atoms with van der Waals surface area (Å²) in [5, 5.41) is 28.8. The van der Waals surface area contributed by atoms with Gasteiger partial charge in [0.05, 0.1) is 4.92 Å². The van der Waals surface area contributed by atoms with Crippen molar-refractivity contribution in [3.8, 4) is 5.75 Å². The number of aliphatic carboxylic acids is 1. The van der Waals surface area contributed by atoms with Crippen LogP contribution in [0.25, 0.3) is 0 Å². The zero-order valence-corrected chi connectivity index (χ0v) is 15.8. The van der Waals surface area contributed by atoms with Crippen molar-refractivity contribution in [2.24, 2.45) is 0 Å². The van der Waals surface area contributed by atoms with Crippen molar-refractivity contribution in [2.45, 2.75) is 40.2 Å². The SMILES string of the molecule is CC.CC.O=C(O)C(Cc1ccc(O)c([N+](=O)[O-])c1)NSI. The Kier molecular flexibility index (Phi) is 14.3. The number of nitro groups is 1. The molecule has 126 valence electrons. The molecule has 1 atom stereocenters. The van der Waals surface area contributed by atoms with Crippen LogP contribution < -0.4 is 4.72 Å². The van der Waals surface area contributed by atoms with Gasteiger partial charge < -0.3 is 10.2 Å². The predicted octanol–water partition coefficient (Wildman–Crippen LogP) is 3.94.